The molecule has 2 rings (SSSR count). The number of nitrogens with zero attached hydrogens (tertiary/aromatic N) is 2. The quantitative estimate of drug-likeness (QED) is 0.400. The van der Waals surface area contributed by atoms with E-state index in [1.165, 1.54) is 32.1 Å². The fraction of sp³-hybridized carbons (Fsp3) is 0.522. The molecule has 0 aliphatic heterocycles. The first-order chi connectivity index (χ1) is 13.7. The highest BCUT2D eigenvalue weighted by molar-refractivity contribution is 5.72. The lowest BCUT2D eigenvalue weighted by atomic mass is 10.1. The largest absolute Gasteiger partial charge is 0.481 e. The Hall–Kier alpha value is -2.43. The zero-order chi connectivity index (χ0) is 20.0. The molecule has 28 heavy (non-hydrogen) atoms. The van der Waals surface area contributed by atoms with Crippen molar-refractivity contribution in [1.82, 2.24) is 9.97 Å². The first-order valence-corrected chi connectivity index (χ1v) is 10.5. The lowest BCUT2D eigenvalue weighted by Gasteiger charge is -2.10. The molecule has 0 bridgehead atoms. The van der Waals surface area contributed by atoms with Crippen LogP contribution < -0.4 is 5.32 Å². The molecule has 2 N–H and O–H groups in total. The topological polar surface area (TPSA) is 75.1 Å². The van der Waals surface area contributed by atoms with Gasteiger partial charge in [-0.25, -0.2) is 4.98 Å². The van der Waals surface area contributed by atoms with Gasteiger partial charge in [0.05, 0.1) is 5.69 Å². The zero-order valence-corrected chi connectivity index (χ0v) is 17.0. The SMILES string of the molecule is Cc1ccc(-c2cccnc2NCCCCCCCCCCCC(=O)O)nc1. The van der Waals surface area contributed by atoms with E-state index in [0.717, 1.165) is 54.9 Å². The molecule has 152 valence electrons. The molecule has 0 atom stereocenters. The van der Waals surface area contributed by atoms with Crippen LogP contribution in [0.3, 0.4) is 0 Å². The summed E-state index contributed by atoms with van der Waals surface area (Å²) in [6, 6.07) is 8.12. The maximum atomic E-state index is 10.4. The van der Waals surface area contributed by atoms with Crippen molar-refractivity contribution in [2.75, 3.05) is 11.9 Å². The number of rotatable bonds is 14. The van der Waals surface area contributed by atoms with E-state index in [-0.39, 0.29) is 0 Å². The van der Waals surface area contributed by atoms with Gasteiger partial charge >= 0.3 is 5.97 Å². The third-order valence-corrected chi connectivity index (χ3v) is 4.85. The second-order valence-corrected chi connectivity index (χ2v) is 7.37. The molecule has 0 unspecified atom stereocenters. The second kappa shape index (κ2) is 12.9. The lowest BCUT2D eigenvalue weighted by Crippen LogP contribution is -2.05. The Kier molecular flexibility index (Phi) is 10.0. The predicted octanol–water partition coefficient (Wildman–Crippen LogP) is 5.85. The number of nitrogens with one attached hydrogen (secondary N) is 1. The number of aliphatic carboxylic acids is 1. The summed E-state index contributed by atoms with van der Waals surface area (Å²) in [5.74, 6) is 0.224. The van der Waals surface area contributed by atoms with E-state index in [4.69, 9.17) is 5.11 Å². The molecule has 0 saturated carbocycles. The van der Waals surface area contributed by atoms with Crippen molar-refractivity contribution in [2.24, 2.45) is 0 Å². The fourth-order valence-corrected chi connectivity index (χ4v) is 3.23. The van der Waals surface area contributed by atoms with Crippen molar-refractivity contribution in [3.05, 3.63) is 42.2 Å². The minimum absolute atomic E-state index is 0.310. The molecule has 0 amide bonds. The molecule has 2 heterocycles. The van der Waals surface area contributed by atoms with Crippen molar-refractivity contribution in [1.29, 1.82) is 0 Å². The van der Waals surface area contributed by atoms with Gasteiger partial charge in [-0.15, -0.1) is 0 Å². The normalized spacial score (nSPS) is 10.8. The van der Waals surface area contributed by atoms with E-state index in [1.54, 1.807) is 0 Å². The molecule has 2 aromatic rings. The number of hydrogen-bond acceptors (Lipinski definition) is 4. The summed E-state index contributed by atoms with van der Waals surface area (Å²) in [7, 11) is 0. The molecular weight excluding hydrogens is 350 g/mol. The number of aromatic nitrogens is 2. The molecule has 5 nitrogen and oxygen atoms in total. The molecule has 0 aliphatic rings. The van der Waals surface area contributed by atoms with Gasteiger partial charge in [-0.3, -0.25) is 9.78 Å². The average Bonchev–Trinajstić information content (AvgIpc) is 2.69. The summed E-state index contributed by atoms with van der Waals surface area (Å²) >= 11 is 0. The van der Waals surface area contributed by atoms with Crippen LogP contribution in [0.5, 0.6) is 0 Å². The summed E-state index contributed by atoms with van der Waals surface area (Å²) in [6.45, 7) is 2.96. The van der Waals surface area contributed by atoms with Crippen LogP contribution in [0, 0.1) is 6.92 Å². The van der Waals surface area contributed by atoms with Gasteiger partial charge in [-0.1, -0.05) is 51.0 Å². The summed E-state index contributed by atoms with van der Waals surface area (Å²) in [5, 5.41) is 12.1. The van der Waals surface area contributed by atoms with Gasteiger partial charge < -0.3 is 10.4 Å². The highest BCUT2D eigenvalue weighted by atomic mass is 16.4. The standard InChI is InChI=1S/C23H33N3O2/c1-19-14-15-21(26-18-19)20-12-11-17-25-23(20)24-16-10-8-6-4-2-3-5-7-9-13-22(27)28/h11-12,14-15,17-18H,2-10,13,16H2,1H3,(H,24,25)(H,27,28). The molecule has 0 saturated heterocycles. The molecule has 0 aromatic carbocycles. The van der Waals surface area contributed by atoms with E-state index in [9.17, 15) is 4.79 Å². The van der Waals surface area contributed by atoms with Crippen molar-refractivity contribution in [3.63, 3.8) is 0 Å². The number of pyridine rings is 2. The van der Waals surface area contributed by atoms with Gasteiger partial charge in [0.2, 0.25) is 0 Å². The number of carboxylic acids is 1. The Morgan fingerprint density at radius 2 is 1.61 bits per heavy atom. The van der Waals surface area contributed by atoms with Crippen LogP contribution >= 0.6 is 0 Å². The van der Waals surface area contributed by atoms with Crippen molar-refractivity contribution < 1.29 is 9.90 Å². The van der Waals surface area contributed by atoms with Crippen LogP contribution in [0.25, 0.3) is 11.3 Å². The Morgan fingerprint density at radius 1 is 0.929 bits per heavy atom. The highest BCUT2D eigenvalue weighted by Gasteiger charge is 2.06. The highest BCUT2D eigenvalue weighted by Crippen LogP contribution is 2.24. The Balaban J connectivity index is 1.57. The summed E-state index contributed by atoms with van der Waals surface area (Å²) in [4.78, 5) is 19.4. The zero-order valence-electron chi connectivity index (χ0n) is 17.0. The van der Waals surface area contributed by atoms with E-state index < -0.39 is 5.97 Å². The van der Waals surface area contributed by atoms with E-state index >= 15 is 0 Å². The monoisotopic (exact) mass is 383 g/mol. The van der Waals surface area contributed by atoms with E-state index in [1.807, 2.05) is 31.5 Å². The Labute approximate surface area is 168 Å². The first-order valence-electron chi connectivity index (χ1n) is 10.5. The smallest absolute Gasteiger partial charge is 0.303 e. The van der Waals surface area contributed by atoms with Crippen LogP contribution in [0.2, 0.25) is 0 Å². The van der Waals surface area contributed by atoms with Crippen molar-refractivity contribution >= 4 is 11.8 Å². The van der Waals surface area contributed by atoms with Gasteiger partial charge in [-0.2, -0.15) is 0 Å². The van der Waals surface area contributed by atoms with Gasteiger partial charge in [0.1, 0.15) is 5.82 Å². The third-order valence-electron chi connectivity index (χ3n) is 4.85. The van der Waals surface area contributed by atoms with Gasteiger partial charge in [-0.05, 0) is 43.5 Å². The Morgan fingerprint density at radius 3 is 2.25 bits per heavy atom. The number of carbonyl (C=O) groups is 1. The number of carboxylic acid groups (broad SMARTS) is 1. The van der Waals surface area contributed by atoms with Crippen molar-refractivity contribution in [3.8, 4) is 11.3 Å². The van der Waals surface area contributed by atoms with Crippen LogP contribution in [0.4, 0.5) is 5.82 Å². The molecular formula is C23H33N3O2. The van der Waals surface area contributed by atoms with Gasteiger partial charge in [0, 0.05) is 30.9 Å². The van der Waals surface area contributed by atoms with Crippen LogP contribution in [0.15, 0.2) is 36.7 Å². The summed E-state index contributed by atoms with van der Waals surface area (Å²) in [5.41, 5.74) is 3.15. The van der Waals surface area contributed by atoms with Crippen LogP contribution in [-0.2, 0) is 4.79 Å². The first kappa shape index (κ1) is 21.9. The second-order valence-electron chi connectivity index (χ2n) is 7.37. The van der Waals surface area contributed by atoms with Crippen molar-refractivity contribution in [2.45, 2.75) is 71.1 Å². The molecule has 0 spiro atoms. The maximum absolute atomic E-state index is 10.4. The third kappa shape index (κ3) is 8.51. The molecule has 5 heteroatoms. The van der Waals surface area contributed by atoms with Crippen LogP contribution in [0.1, 0.15) is 69.8 Å². The van der Waals surface area contributed by atoms with Gasteiger partial charge in [0.25, 0.3) is 0 Å². The molecule has 0 fully saturated rings. The average molecular weight is 384 g/mol. The number of hydrogen-bond donors (Lipinski definition) is 2. The summed E-state index contributed by atoms with van der Waals surface area (Å²) < 4.78 is 0. The minimum Gasteiger partial charge on any atom is -0.481 e. The van der Waals surface area contributed by atoms with E-state index in [2.05, 4.69) is 27.4 Å². The Bertz CT molecular complexity index is 701. The van der Waals surface area contributed by atoms with E-state index in [0.29, 0.717) is 6.42 Å². The fourth-order valence-electron chi connectivity index (χ4n) is 3.23. The lowest BCUT2D eigenvalue weighted by molar-refractivity contribution is -0.137. The number of anilines is 1. The number of aryl methyl sites for hydroxylation is 1. The van der Waals surface area contributed by atoms with Crippen LogP contribution in [-0.4, -0.2) is 27.6 Å². The molecule has 2 aromatic heterocycles. The maximum Gasteiger partial charge on any atom is 0.303 e. The predicted molar refractivity (Wildman–Crippen MR) is 115 cm³/mol. The molecule has 0 aliphatic carbocycles. The summed E-state index contributed by atoms with van der Waals surface area (Å²) in [6.07, 6.45) is 14.4. The minimum atomic E-state index is -0.679. The molecule has 0 radical (unpaired) electrons. The van der Waals surface area contributed by atoms with Gasteiger partial charge in [0.15, 0.2) is 0 Å². The number of unbranched alkanes of at least 4 members (excludes halogenated alkanes) is 8.